The van der Waals surface area contributed by atoms with E-state index in [1.165, 1.54) is 0 Å². The van der Waals surface area contributed by atoms with E-state index in [0.29, 0.717) is 40.9 Å². The van der Waals surface area contributed by atoms with E-state index in [1.54, 1.807) is 65.3 Å². The summed E-state index contributed by atoms with van der Waals surface area (Å²) in [5, 5.41) is 8.79. The van der Waals surface area contributed by atoms with Crippen molar-refractivity contribution in [3.63, 3.8) is 0 Å². The minimum atomic E-state index is -1.11. The van der Waals surface area contributed by atoms with Gasteiger partial charge in [0, 0.05) is 57.5 Å². The molecule has 0 N–H and O–H groups in total. The fraction of sp³-hybridized carbons (Fsp3) is 0.173. The fourth-order valence-corrected chi connectivity index (χ4v) is 15.4. The molecule has 4 unspecified atom stereocenters. The molecule has 12 aromatic rings. The van der Waals surface area contributed by atoms with Crippen LogP contribution >= 0.6 is 22.7 Å². The van der Waals surface area contributed by atoms with Gasteiger partial charge in [0.15, 0.2) is 23.0 Å². The first-order chi connectivity index (χ1) is 41.7. The Balaban J connectivity index is 1.35. The predicted molar refractivity (Wildman–Crippen MR) is 346 cm³/mol. The van der Waals surface area contributed by atoms with E-state index < -0.39 is 22.7 Å². The van der Waals surface area contributed by atoms with Crippen molar-refractivity contribution in [2.24, 2.45) is 0 Å². The van der Waals surface area contributed by atoms with Gasteiger partial charge in [-0.3, -0.25) is 9.97 Å². The highest BCUT2D eigenvalue weighted by Crippen LogP contribution is 2.64. The van der Waals surface area contributed by atoms with Crippen LogP contribution < -0.4 is 28.4 Å². The molecule has 12 rings (SSSR count). The number of fused-ring (bicyclic) bond motifs is 2. The lowest BCUT2D eigenvalue weighted by atomic mass is 9.55. The molecule has 10 heteroatoms. The van der Waals surface area contributed by atoms with Crippen LogP contribution in [-0.2, 0) is 17.3 Å². The Morgan fingerprint density at radius 3 is 1.28 bits per heavy atom. The van der Waals surface area contributed by atoms with Crippen molar-refractivity contribution >= 4 is 44.2 Å². The van der Waals surface area contributed by atoms with Gasteiger partial charge >= 0.3 is 0 Å². The molecule has 0 spiro atoms. The minimum absolute atomic E-state index is 0.521. The average molecular weight is 1160 g/mol. The first kappa shape index (κ1) is 56.3. The number of hydrogen-bond donors (Lipinski definition) is 0. The SMILES string of the molecule is COc1cc(OC)c(C(c2cccs2)(c2cccc3ccccc23)C(c2ccccc2)c2ccc(Cc3ncc(C)nc3C)cc2C(c2ccccc2)C(c2cccs2)(c2cc(OC)c(OC)cc2OC)c2cccc3ccccc23)cc1OC. The van der Waals surface area contributed by atoms with E-state index in [0.717, 1.165) is 98.5 Å². The maximum Gasteiger partial charge on any atom is 0.164 e. The number of nitrogens with zero attached hydrogens (tertiary/aromatic N) is 2. The Kier molecular flexibility index (Phi) is 16.0. The molecule has 8 nitrogen and oxygen atoms in total. The second kappa shape index (κ2) is 24.2. The molecule has 3 aromatic heterocycles. The monoisotopic (exact) mass is 1150 g/mol. The second-order valence-corrected chi connectivity index (χ2v) is 23.2. The highest BCUT2D eigenvalue weighted by Gasteiger charge is 2.54. The Labute approximate surface area is 505 Å². The molecule has 0 bridgehead atoms. The van der Waals surface area contributed by atoms with E-state index in [9.17, 15) is 0 Å². The molecule has 0 saturated carbocycles. The average Bonchev–Trinajstić information content (AvgIpc) is 1.52. The standard InChI is InChI=1S/C75H66N2O6S2/c1-48-47-76-63(49(2)77-48)42-50-37-38-57(72(53-25-11-9-12-26-53)74(70-35-21-39-84-70,59-33-19-29-51-23-15-17-31-55(51)59)61-43-66(80-5)68(82-7)45-64(61)78-3)58(41-50)73(54-27-13-10-14-28-54)75(71-36-22-40-85-71,60-34-20-30-52-24-16-18-32-56(52)60)62-44-67(81-6)69(83-8)46-65(62)79-4/h9-41,43-47,72-73H,42H2,1-8H3. The molecule has 4 atom stereocenters. The number of thiophene rings is 2. The molecule has 3 heterocycles. The second-order valence-electron chi connectivity index (χ2n) is 21.3. The van der Waals surface area contributed by atoms with Crippen molar-refractivity contribution in [3.8, 4) is 34.5 Å². The topological polar surface area (TPSA) is 81.2 Å². The predicted octanol–water partition coefficient (Wildman–Crippen LogP) is 17.5. The van der Waals surface area contributed by atoms with Gasteiger partial charge in [-0.25, -0.2) is 0 Å². The number of aryl methyl sites for hydroxylation is 2. The molecule has 424 valence electrons. The van der Waals surface area contributed by atoms with Gasteiger partial charge in [0.25, 0.3) is 0 Å². The van der Waals surface area contributed by atoms with Gasteiger partial charge < -0.3 is 28.4 Å². The van der Waals surface area contributed by atoms with Gasteiger partial charge in [-0.1, -0.05) is 176 Å². The lowest BCUT2D eigenvalue weighted by Gasteiger charge is -2.47. The van der Waals surface area contributed by atoms with Crippen molar-refractivity contribution in [1.82, 2.24) is 9.97 Å². The summed E-state index contributed by atoms with van der Waals surface area (Å²) in [6, 6.07) is 77.3. The zero-order valence-corrected chi connectivity index (χ0v) is 50.6. The number of ether oxygens (including phenoxy) is 6. The maximum absolute atomic E-state index is 6.76. The van der Waals surface area contributed by atoms with Crippen LogP contribution in [0.25, 0.3) is 21.5 Å². The molecule has 0 aliphatic heterocycles. The van der Waals surface area contributed by atoms with E-state index >= 15 is 0 Å². The van der Waals surface area contributed by atoms with Gasteiger partial charge in [0.05, 0.1) is 70.6 Å². The third-order valence-corrected chi connectivity index (χ3v) is 19.0. The molecule has 85 heavy (non-hydrogen) atoms. The van der Waals surface area contributed by atoms with Crippen LogP contribution in [0.5, 0.6) is 34.5 Å². The van der Waals surface area contributed by atoms with E-state index in [-0.39, 0.29) is 0 Å². The summed E-state index contributed by atoms with van der Waals surface area (Å²) in [5.74, 6) is 2.47. The lowest BCUT2D eigenvalue weighted by molar-refractivity contribution is 0.343. The van der Waals surface area contributed by atoms with Crippen LogP contribution in [0.3, 0.4) is 0 Å². The molecular weight excluding hydrogens is 1090 g/mol. The third kappa shape index (κ3) is 9.83. The van der Waals surface area contributed by atoms with Crippen molar-refractivity contribution in [2.75, 3.05) is 42.7 Å². The van der Waals surface area contributed by atoms with Crippen molar-refractivity contribution in [3.05, 3.63) is 306 Å². The smallest absolute Gasteiger partial charge is 0.164 e. The van der Waals surface area contributed by atoms with Gasteiger partial charge in [0.2, 0.25) is 0 Å². The highest BCUT2D eigenvalue weighted by atomic mass is 32.1. The molecule has 0 amide bonds. The van der Waals surface area contributed by atoms with Gasteiger partial charge in [0.1, 0.15) is 11.5 Å². The van der Waals surface area contributed by atoms with Crippen molar-refractivity contribution < 1.29 is 28.4 Å². The summed E-state index contributed by atoms with van der Waals surface area (Å²) in [6.45, 7) is 4.05. The fourth-order valence-electron chi connectivity index (χ4n) is 13.4. The summed E-state index contributed by atoms with van der Waals surface area (Å²) < 4.78 is 38.5. The number of benzene rings is 9. The first-order valence-corrected chi connectivity index (χ1v) is 30.1. The molecule has 9 aromatic carbocycles. The Bertz CT molecular complexity index is 4290. The van der Waals surface area contributed by atoms with Gasteiger partial charge in [-0.2, -0.15) is 0 Å². The normalized spacial score (nSPS) is 13.6. The van der Waals surface area contributed by atoms with Crippen LogP contribution in [0, 0.1) is 13.8 Å². The van der Waals surface area contributed by atoms with E-state index in [4.69, 9.17) is 38.4 Å². The highest BCUT2D eigenvalue weighted by molar-refractivity contribution is 7.10. The van der Waals surface area contributed by atoms with Crippen molar-refractivity contribution in [1.29, 1.82) is 0 Å². The maximum atomic E-state index is 6.76. The Morgan fingerprint density at radius 2 is 0.835 bits per heavy atom. The van der Waals surface area contributed by atoms with Crippen molar-refractivity contribution in [2.45, 2.75) is 42.9 Å². The molecule has 0 fully saturated rings. The van der Waals surface area contributed by atoms with Crippen LogP contribution in [0.1, 0.15) is 88.7 Å². The zero-order valence-electron chi connectivity index (χ0n) is 49.0. The van der Waals surface area contributed by atoms with Gasteiger partial charge in [-0.05, 0) is 109 Å². The third-order valence-electron chi connectivity index (χ3n) is 17.0. The minimum Gasteiger partial charge on any atom is -0.496 e. The summed E-state index contributed by atoms with van der Waals surface area (Å²) in [5.41, 5.74) is 9.81. The van der Waals surface area contributed by atoms with Gasteiger partial charge in [-0.15, -0.1) is 22.7 Å². The summed E-state index contributed by atoms with van der Waals surface area (Å²) >= 11 is 3.47. The molecule has 0 aliphatic rings. The number of methoxy groups -OCH3 is 6. The summed E-state index contributed by atoms with van der Waals surface area (Å²) in [4.78, 5) is 12.2. The van der Waals surface area contributed by atoms with Crippen LogP contribution in [0.15, 0.2) is 229 Å². The van der Waals surface area contributed by atoms with Crippen LogP contribution in [-0.4, -0.2) is 52.6 Å². The zero-order chi connectivity index (χ0) is 58.7. The largest absolute Gasteiger partial charge is 0.496 e. The Hall–Kier alpha value is -9.22. The molecule has 0 radical (unpaired) electrons. The Morgan fingerprint density at radius 1 is 0.400 bits per heavy atom. The van der Waals surface area contributed by atoms with E-state index in [1.807, 2.05) is 25.3 Å². The van der Waals surface area contributed by atoms with E-state index in [2.05, 4.69) is 218 Å². The van der Waals surface area contributed by atoms with Crippen LogP contribution in [0.4, 0.5) is 0 Å². The first-order valence-electron chi connectivity index (χ1n) is 28.4. The molecular formula is C75H66N2O6S2. The lowest BCUT2D eigenvalue weighted by Crippen LogP contribution is -2.41. The number of hydrogen-bond acceptors (Lipinski definition) is 10. The summed E-state index contributed by atoms with van der Waals surface area (Å²) in [6.07, 6.45) is 2.39. The number of rotatable bonds is 20. The summed E-state index contributed by atoms with van der Waals surface area (Å²) in [7, 11) is 10.3. The molecule has 0 saturated heterocycles. The van der Waals surface area contributed by atoms with Crippen LogP contribution in [0.2, 0.25) is 0 Å². The number of aromatic nitrogens is 2. The molecule has 0 aliphatic carbocycles. The quantitative estimate of drug-likeness (QED) is 0.0747.